The number of hydrogen-bond acceptors (Lipinski definition) is 4. The first-order valence-corrected chi connectivity index (χ1v) is 7.42. The predicted molar refractivity (Wildman–Crippen MR) is 81.4 cm³/mol. The average Bonchev–Trinajstić information content (AvgIpc) is 2.99. The third-order valence-electron chi connectivity index (χ3n) is 3.88. The Bertz CT molecular complexity index is 513. The smallest absolute Gasteiger partial charge is 0.247 e. The summed E-state index contributed by atoms with van der Waals surface area (Å²) in [6, 6.07) is 9.82. The molecule has 6 heteroatoms. The van der Waals surface area contributed by atoms with Crippen LogP contribution in [0.2, 0.25) is 0 Å². The second kappa shape index (κ2) is 6.70. The molecule has 0 unspecified atom stereocenters. The highest BCUT2D eigenvalue weighted by atomic mass is 35.5. The fourth-order valence-corrected chi connectivity index (χ4v) is 2.52. The van der Waals surface area contributed by atoms with Gasteiger partial charge >= 0.3 is 0 Å². The lowest BCUT2D eigenvalue weighted by molar-refractivity contribution is 0.326. The molecule has 1 aromatic heterocycles. The van der Waals surface area contributed by atoms with E-state index in [-0.39, 0.29) is 5.41 Å². The van der Waals surface area contributed by atoms with E-state index in [1.54, 1.807) is 4.68 Å². The quantitative estimate of drug-likeness (QED) is 0.797. The summed E-state index contributed by atoms with van der Waals surface area (Å²) in [5, 5.41) is 15.1. The van der Waals surface area contributed by atoms with Crippen molar-refractivity contribution in [1.29, 1.82) is 0 Å². The second-order valence-electron chi connectivity index (χ2n) is 4.94. The number of rotatable bonds is 7. The number of halogens is 1. The van der Waals surface area contributed by atoms with E-state index in [9.17, 15) is 0 Å². The zero-order valence-corrected chi connectivity index (χ0v) is 12.6. The third-order valence-corrected chi connectivity index (χ3v) is 4.44. The number of alkyl halides is 1. The van der Waals surface area contributed by atoms with E-state index in [1.165, 1.54) is 0 Å². The van der Waals surface area contributed by atoms with Gasteiger partial charge in [-0.3, -0.25) is 0 Å². The lowest BCUT2D eigenvalue weighted by Crippen LogP contribution is -2.31. The van der Waals surface area contributed by atoms with E-state index >= 15 is 0 Å². The zero-order chi connectivity index (χ0) is 14.4. The molecule has 0 radical (unpaired) electrons. The van der Waals surface area contributed by atoms with Crippen LogP contribution in [0.5, 0.6) is 0 Å². The summed E-state index contributed by atoms with van der Waals surface area (Å²) in [5.41, 5.74) is 1.01. The van der Waals surface area contributed by atoms with Crippen molar-refractivity contribution in [3.63, 3.8) is 0 Å². The van der Waals surface area contributed by atoms with E-state index in [4.69, 9.17) is 11.6 Å². The normalized spacial score (nSPS) is 11.6. The highest BCUT2D eigenvalue weighted by Gasteiger charge is 2.25. The van der Waals surface area contributed by atoms with Gasteiger partial charge in [0, 0.05) is 17.8 Å². The molecule has 0 atom stereocenters. The Kier molecular flexibility index (Phi) is 4.95. The number of para-hydroxylation sites is 1. The molecule has 108 valence electrons. The minimum Gasteiger partial charge on any atom is -0.352 e. The number of tetrazole rings is 1. The van der Waals surface area contributed by atoms with Crippen molar-refractivity contribution in [3.05, 3.63) is 30.3 Å². The third kappa shape index (κ3) is 3.10. The predicted octanol–water partition coefficient (Wildman–Crippen LogP) is 3.12. The Morgan fingerprint density at radius 1 is 1.20 bits per heavy atom. The van der Waals surface area contributed by atoms with Crippen LogP contribution < -0.4 is 5.32 Å². The van der Waals surface area contributed by atoms with Crippen LogP contribution in [0.4, 0.5) is 5.95 Å². The van der Waals surface area contributed by atoms with Crippen molar-refractivity contribution in [2.75, 3.05) is 17.7 Å². The van der Waals surface area contributed by atoms with Gasteiger partial charge in [0.15, 0.2) is 0 Å². The molecule has 0 amide bonds. The van der Waals surface area contributed by atoms with Gasteiger partial charge in [0.25, 0.3) is 0 Å². The first-order valence-electron chi connectivity index (χ1n) is 6.88. The molecule has 0 spiro atoms. The molecule has 0 fully saturated rings. The topological polar surface area (TPSA) is 55.6 Å². The molecule has 0 aliphatic carbocycles. The van der Waals surface area contributed by atoms with Crippen LogP contribution in [0.15, 0.2) is 30.3 Å². The fraction of sp³-hybridized carbons (Fsp3) is 0.500. The van der Waals surface area contributed by atoms with Gasteiger partial charge in [-0.25, -0.2) is 0 Å². The lowest BCUT2D eigenvalue weighted by Gasteiger charge is -2.29. The second-order valence-corrected chi connectivity index (χ2v) is 5.21. The van der Waals surface area contributed by atoms with Crippen LogP contribution >= 0.6 is 11.6 Å². The van der Waals surface area contributed by atoms with Crippen LogP contribution in [0.25, 0.3) is 5.69 Å². The fourth-order valence-electron chi connectivity index (χ4n) is 2.04. The summed E-state index contributed by atoms with van der Waals surface area (Å²) < 4.78 is 1.70. The largest absolute Gasteiger partial charge is 0.352 e. The van der Waals surface area contributed by atoms with Crippen LogP contribution in [0.1, 0.15) is 26.7 Å². The first-order chi connectivity index (χ1) is 9.74. The summed E-state index contributed by atoms with van der Waals surface area (Å²) in [7, 11) is 0. The van der Waals surface area contributed by atoms with Gasteiger partial charge in [0.2, 0.25) is 5.95 Å². The monoisotopic (exact) mass is 293 g/mol. The molecule has 0 saturated heterocycles. The zero-order valence-electron chi connectivity index (χ0n) is 11.9. The minimum atomic E-state index is 0.0784. The van der Waals surface area contributed by atoms with Gasteiger partial charge in [-0.1, -0.05) is 37.1 Å². The standard InChI is InChI=1S/C14H20ClN5/c1-3-14(4-2,10-15)11-16-13-17-18-19-20(13)12-8-6-5-7-9-12/h5-9H,3-4,10-11H2,1-2H3,(H,16,17,19). The Labute approximate surface area is 124 Å². The molecule has 2 rings (SSSR count). The Morgan fingerprint density at radius 3 is 2.50 bits per heavy atom. The molecular formula is C14H20ClN5. The van der Waals surface area contributed by atoms with Crippen molar-refractivity contribution in [2.24, 2.45) is 5.41 Å². The number of anilines is 1. The average molecular weight is 294 g/mol. The molecule has 0 aliphatic rings. The molecule has 1 N–H and O–H groups in total. The molecule has 0 saturated carbocycles. The van der Waals surface area contributed by atoms with Crippen molar-refractivity contribution in [1.82, 2.24) is 20.2 Å². The summed E-state index contributed by atoms with van der Waals surface area (Å²) in [6.45, 7) is 5.08. The van der Waals surface area contributed by atoms with Gasteiger partial charge < -0.3 is 5.32 Å². The maximum Gasteiger partial charge on any atom is 0.247 e. The van der Waals surface area contributed by atoms with Crippen molar-refractivity contribution in [2.45, 2.75) is 26.7 Å². The minimum absolute atomic E-state index is 0.0784. The summed E-state index contributed by atoms with van der Waals surface area (Å²) in [4.78, 5) is 0. The van der Waals surface area contributed by atoms with E-state index in [1.807, 2.05) is 30.3 Å². The van der Waals surface area contributed by atoms with E-state index < -0.39 is 0 Å². The molecule has 0 bridgehead atoms. The van der Waals surface area contributed by atoms with Gasteiger partial charge in [0.05, 0.1) is 5.69 Å². The Hall–Kier alpha value is -1.62. The molecule has 1 heterocycles. The van der Waals surface area contributed by atoms with Crippen LogP contribution in [-0.2, 0) is 0 Å². The summed E-state index contributed by atoms with van der Waals surface area (Å²) >= 11 is 6.12. The first kappa shape index (κ1) is 14.8. The Balaban J connectivity index is 2.14. The highest BCUT2D eigenvalue weighted by molar-refractivity contribution is 6.18. The molecular weight excluding hydrogens is 274 g/mol. The maximum atomic E-state index is 6.12. The number of hydrogen-bond donors (Lipinski definition) is 1. The van der Waals surface area contributed by atoms with E-state index in [2.05, 4.69) is 34.7 Å². The SMILES string of the molecule is CCC(CC)(CCl)CNc1nnnn1-c1ccccc1. The molecule has 1 aromatic carbocycles. The van der Waals surface area contributed by atoms with Crippen molar-refractivity contribution in [3.8, 4) is 5.69 Å². The van der Waals surface area contributed by atoms with Gasteiger partial charge in [-0.05, 0) is 35.4 Å². The summed E-state index contributed by atoms with van der Waals surface area (Å²) in [6.07, 6.45) is 2.04. The van der Waals surface area contributed by atoms with Crippen LogP contribution in [0, 0.1) is 5.41 Å². The maximum absolute atomic E-state index is 6.12. The molecule has 2 aromatic rings. The van der Waals surface area contributed by atoms with Gasteiger partial charge in [-0.2, -0.15) is 4.68 Å². The van der Waals surface area contributed by atoms with E-state index in [0.29, 0.717) is 11.8 Å². The number of aromatic nitrogens is 4. The highest BCUT2D eigenvalue weighted by Crippen LogP contribution is 2.28. The Morgan fingerprint density at radius 2 is 1.90 bits per heavy atom. The number of nitrogens with one attached hydrogen (secondary N) is 1. The van der Waals surface area contributed by atoms with Crippen LogP contribution in [-0.4, -0.2) is 32.6 Å². The molecule has 20 heavy (non-hydrogen) atoms. The number of nitrogens with zero attached hydrogens (tertiary/aromatic N) is 4. The van der Waals surface area contributed by atoms with Gasteiger partial charge in [-0.15, -0.1) is 11.6 Å². The van der Waals surface area contributed by atoms with Crippen molar-refractivity contribution >= 4 is 17.5 Å². The summed E-state index contributed by atoms with van der Waals surface area (Å²) in [5.74, 6) is 1.27. The molecule has 5 nitrogen and oxygen atoms in total. The van der Waals surface area contributed by atoms with Crippen LogP contribution in [0.3, 0.4) is 0 Å². The number of benzene rings is 1. The van der Waals surface area contributed by atoms with Gasteiger partial charge in [0.1, 0.15) is 0 Å². The lowest BCUT2D eigenvalue weighted by atomic mass is 9.84. The van der Waals surface area contributed by atoms with Crippen molar-refractivity contribution < 1.29 is 0 Å². The molecule has 0 aliphatic heterocycles. The van der Waals surface area contributed by atoms with E-state index in [0.717, 1.165) is 25.1 Å².